The van der Waals surface area contributed by atoms with Crippen LogP contribution >= 0.6 is 11.6 Å². The van der Waals surface area contributed by atoms with Crippen LogP contribution in [0.5, 0.6) is 0 Å². The molecule has 0 saturated heterocycles. The number of hydrogen-bond acceptors (Lipinski definition) is 3. The number of ether oxygens (including phenoxy) is 1. The van der Waals surface area contributed by atoms with Gasteiger partial charge in [-0.15, -0.1) is 0 Å². The second-order valence-electron chi connectivity index (χ2n) is 4.61. The molecule has 3 nitrogen and oxygen atoms in total. The maximum atomic E-state index is 13.0. The summed E-state index contributed by atoms with van der Waals surface area (Å²) in [5.41, 5.74) is 0.0107. The van der Waals surface area contributed by atoms with Gasteiger partial charge in [0, 0.05) is 7.11 Å². The predicted octanol–water partition coefficient (Wildman–Crippen LogP) is 3.44. The molecule has 0 spiro atoms. The van der Waals surface area contributed by atoms with Crippen molar-refractivity contribution in [2.24, 2.45) is 0 Å². The number of aliphatic hydroxyl groups excluding tert-OH is 1. The lowest BCUT2D eigenvalue weighted by atomic mass is 10.1. The summed E-state index contributed by atoms with van der Waals surface area (Å²) < 4.78 is 18.1. The van der Waals surface area contributed by atoms with Gasteiger partial charge in [0.1, 0.15) is 11.4 Å². The first kappa shape index (κ1) is 17.6. The van der Waals surface area contributed by atoms with Gasteiger partial charge in [0.2, 0.25) is 0 Å². The minimum Gasteiger partial charge on any atom is -0.456 e. The Morgan fingerprint density at radius 3 is 2.32 bits per heavy atom. The zero-order valence-corrected chi connectivity index (χ0v) is 12.2. The first-order valence-corrected chi connectivity index (χ1v) is 5.91. The fourth-order valence-corrected chi connectivity index (χ4v) is 1.32. The molecule has 5 heteroatoms. The van der Waals surface area contributed by atoms with Gasteiger partial charge in [-0.1, -0.05) is 24.2 Å². The maximum Gasteiger partial charge on any atom is 0.338 e. The van der Waals surface area contributed by atoms with Crippen molar-refractivity contribution in [3.63, 3.8) is 0 Å². The summed E-state index contributed by atoms with van der Waals surface area (Å²) in [6.07, 6.45) is 0. The molecular formula is C14H18ClFO3. The van der Waals surface area contributed by atoms with E-state index in [-0.39, 0.29) is 10.6 Å². The van der Waals surface area contributed by atoms with Crippen molar-refractivity contribution < 1.29 is 19.0 Å². The summed E-state index contributed by atoms with van der Waals surface area (Å²) in [7, 11) is 1.00. The highest BCUT2D eigenvalue weighted by Crippen LogP contribution is 2.23. The smallest absolute Gasteiger partial charge is 0.338 e. The van der Waals surface area contributed by atoms with E-state index in [1.54, 1.807) is 20.8 Å². The minimum atomic E-state index is -0.593. The summed E-state index contributed by atoms with van der Waals surface area (Å²) >= 11 is 5.63. The topological polar surface area (TPSA) is 46.5 Å². The molecule has 1 aromatic carbocycles. The van der Waals surface area contributed by atoms with E-state index in [0.717, 1.165) is 7.11 Å². The number of aliphatic hydroxyl groups is 1. The van der Waals surface area contributed by atoms with Crippen LogP contribution in [-0.2, 0) is 9.53 Å². The van der Waals surface area contributed by atoms with Crippen LogP contribution in [0.1, 0.15) is 26.3 Å². The van der Waals surface area contributed by atoms with Crippen LogP contribution in [0.15, 0.2) is 24.8 Å². The van der Waals surface area contributed by atoms with Gasteiger partial charge in [0.15, 0.2) is 0 Å². The van der Waals surface area contributed by atoms with E-state index in [2.05, 4.69) is 6.58 Å². The Hall–Kier alpha value is -1.39. The second-order valence-corrected chi connectivity index (χ2v) is 5.02. The lowest BCUT2D eigenvalue weighted by Crippen LogP contribution is -2.24. The third-order valence-electron chi connectivity index (χ3n) is 1.91. The highest BCUT2D eigenvalue weighted by molar-refractivity contribution is 6.31. The van der Waals surface area contributed by atoms with Gasteiger partial charge >= 0.3 is 5.97 Å². The summed E-state index contributed by atoms with van der Waals surface area (Å²) in [6.45, 7) is 8.90. The van der Waals surface area contributed by atoms with Crippen LogP contribution in [0.25, 0.3) is 5.57 Å². The Morgan fingerprint density at radius 2 is 1.89 bits per heavy atom. The first-order valence-electron chi connectivity index (χ1n) is 5.53. The molecule has 0 heterocycles. The molecule has 0 saturated carbocycles. The second kappa shape index (κ2) is 7.26. The van der Waals surface area contributed by atoms with Crippen LogP contribution in [0.2, 0.25) is 5.02 Å². The van der Waals surface area contributed by atoms with E-state index in [9.17, 15) is 9.18 Å². The van der Waals surface area contributed by atoms with E-state index in [1.807, 2.05) is 0 Å². The molecular weight excluding hydrogens is 271 g/mol. The highest BCUT2D eigenvalue weighted by atomic mass is 35.5. The Labute approximate surface area is 117 Å². The van der Waals surface area contributed by atoms with Crippen molar-refractivity contribution >= 4 is 23.1 Å². The van der Waals surface area contributed by atoms with Crippen molar-refractivity contribution in [1.82, 2.24) is 0 Å². The number of benzene rings is 1. The molecule has 1 N–H and O–H groups in total. The van der Waals surface area contributed by atoms with Crippen molar-refractivity contribution in [2.75, 3.05) is 7.11 Å². The fourth-order valence-electron chi connectivity index (χ4n) is 1.14. The zero-order chi connectivity index (χ0) is 15.2. The molecule has 0 aliphatic heterocycles. The number of rotatable bonds is 2. The lowest BCUT2D eigenvalue weighted by molar-refractivity contribution is -0.147. The number of esters is 1. The summed E-state index contributed by atoms with van der Waals surface area (Å²) in [5.74, 6) is -1.08. The quantitative estimate of drug-likeness (QED) is 0.670. The molecule has 1 aromatic rings. The van der Waals surface area contributed by atoms with E-state index in [4.69, 9.17) is 21.4 Å². The Bertz CT molecular complexity index is 464. The molecule has 0 fully saturated rings. The van der Waals surface area contributed by atoms with Crippen LogP contribution < -0.4 is 0 Å². The van der Waals surface area contributed by atoms with Crippen LogP contribution in [0.3, 0.4) is 0 Å². The molecule has 0 amide bonds. The fraction of sp³-hybridized carbons (Fsp3) is 0.357. The van der Waals surface area contributed by atoms with Gasteiger partial charge in [0.25, 0.3) is 0 Å². The number of halogens is 2. The third kappa shape index (κ3) is 5.85. The normalized spacial score (nSPS) is 10.3. The lowest BCUT2D eigenvalue weighted by Gasteiger charge is -2.20. The minimum absolute atomic E-state index is 0.0489. The number of carbonyl (C=O) groups excluding carboxylic acids is 1. The number of carbonyl (C=O) groups is 1. The van der Waals surface area contributed by atoms with E-state index in [0.29, 0.717) is 5.56 Å². The number of hydrogen-bond donors (Lipinski definition) is 1. The zero-order valence-electron chi connectivity index (χ0n) is 11.5. The molecule has 0 aliphatic rings. The Kier molecular flexibility index (Phi) is 6.73. The van der Waals surface area contributed by atoms with Crippen molar-refractivity contribution in [2.45, 2.75) is 26.4 Å². The van der Waals surface area contributed by atoms with Gasteiger partial charge < -0.3 is 9.84 Å². The van der Waals surface area contributed by atoms with Crippen LogP contribution in [-0.4, -0.2) is 23.8 Å². The summed E-state index contributed by atoms with van der Waals surface area (Å²) in [5, 5.41) is 6.95. The van der Waals surface area contributed by atoms with Gasteiger partial charge in [-0.05, 0) is 38.5 Å². The standard InChI is InChI=1S/C13H14ClFO2.CH4O/c1-8(12(16)17-13(2,3)4)9-5-6-11(15)10(14)7-9;1-2/h5-7H,1H2,2-4H3;2H,1H3. The molecule has 0 radical (unpaired) electrons. The van der Waals surface area contributed by atoms with Gasteiger partial charge in [-0.3, -0.25) is 0 Å². The first-order chi connectivity index (χ1) is 8.70. The Balaban J connectivity index is 0.00000154. The molecule has 0 atom stereocenters. The van der Waals surface area contributed by atoms with Gasteiger partial charge in [-0.2, -0.15) is 0 Å². The van der Waals surface area contributed by atoms with Crippen LogP contribution in [0.4, 0.5) is 4.39 Å². The largest absolute Gasteiger partial charge is 0.456 e. The van der Waals surface area contributed by atoms with E-state index in [1.165, 1.54) is 18.2 Å². The average molecular weight is 289 g/mol. The summed E-state index contributed by atoms with van der Waals surface area (Å²) in [4.78, 5) is 11.7. The SMILES string of the molecule is C=C(C(=O)OC(C)(C)C)c1ccc(F)c(Cl)c1.CO. The van der Waals surface area contributed by atoms with Crippen molar-refractivity contribution in [3.05, 3.63) is 41.2 Å². The van der Waals surface area contributed by atoms with Gasteiger partial charge in [-0.25, -0.2) is 9.18 Å². The molecule has 106 valence electrons. The molecule has 0 aromatic heterocycles. The Morgan fingerprint density at radius 1 is 1.37 bits per heavy atom. The van der Waals surface area contributed by atoms with Crippen molar-refractivity contribution in [1.29, 1.82) is 0 Å². The van der Waals surface area contributed by atoms with Gasteiger partial charge in [0.05, 0.1) is 10.6 Å². The van der Waals surface area contributed by atoms with E-state index < -0.39 is 17.4 Å². The molecule has 0 unspecified atom stereocenters. The molecule has 0 bridgehead atoms. The monoisotopic (exact) mass is 288 g/mol. The van der Waals surface area contributed by atoms with Crippen molar-refractivity contribution in [3.8, 4) is 0 Å². The predicted molar refractivity (Wildman–Crippen MR) is 74.4 cm³/mol. The van der Waals surface area contributed by atoms with Crippen LogP contribution in [0, 0.1) is 5.82 Å². The molecule has 19 heavy (non-hydrogen) atoms. The average Bonchev–Trinajstić information content (AvgIpc) is 2.32. The maximum absolute atomic E-state index is 13.0. The molecule has 0 aliphatic carbocycles. The highest BCUT2D eigenvalue weighted by Gasteiger charge is 2.20. The van der Waals surface area contributed by atoms with E-state index >= 15 is 0 Å². The third-order valence-corrected chi connectivity index (χ3v) is 2.20. The summed E-state index contributed by atoms with van der Waals surface area (Å²) in [6, 6.07) is 3.98. The molecule has 1 rings (SSSR count).